The lowest BCUT2D eigenvalue weighted by molar-refractivity contribution is 0.444. The van der Waals surface area contributed by atoms with Crippen molar-refractivity contribution in [2.75, 3.05) is 11.5 Å². The number of hydrogen-bond acceptors (Lipinski definition) is 4. The van der Waals surface area contributed by atoms with E-state index in [0.717, 1.165) is 29.6 Å². The van der Waals surface area contributed by atoms with Crippen LogP contribution in [0.1, 0.15) is 18.6 Å². The highest BCUT2D eigenvalue weighted by Gasteiger charge is 2.24. The number of sulfone groups is 1. The number of para-hydroxylation sites is 1. The van der Waals surface area contributed by atoms with E-state index in [1.807, 2.05) is 30.3 Å². The second-order valence-corrected chi connectivity index (χ2v) is 7.31. The average Bonchev–Trinajstić information content (AvgIpc) is 2.78. The van der Waals surface area contributed by atoms with Crippen molar-refractivity contribution in [2.45, 2.75) is 25.4 Å². The van der Waals surface area contributed by atoms with Gasteiger partial charge in [-0.2, -0.15) is 0 Å². The third kappa shape index (κ3) is 2.98. The Labute approximate surface area is 112 Å². The topological polar surface area (TPSA) is 59.3 Å². The third-order valence-corrected chi connectivity index (χ3v) is 5.33. The highest BCUT2D eigenvalue weighted by molar-refractivity contribution is 7.91. The van der Waals surface area contributed by atoms with Gasteiger partial charge in [0.1, 0.15) is 11.3 Å². The predicted molar refractivity (Wildman–Crippen MR) is 74.7 cm³/mol. The van der Waals surface area contributed by atoms with Gasteiger partial charge in [0, 0.05) is 11.4 Å². The molecule has 2 aromatic rings. The van der Waals surface area contributed by atoms with Gasteiger partial charge in [-0.05, 0) is 25.0 Å². The van der Waals surface area contributed by atoms with Gasteiger partial charge in [-0.15, -0.1) is 0 Å². The Kier molecular flexibility index (Phi) is 3.33. The first-order valence-corrected chi connectivity index (χ1v) is 8.36. The van der Waals surface area contributed by atoms with E-state index in [9.17, 15) is 8.42 Å². The molecule has 0 amide bonds. The van der Waals surface area contributed by atoms with Crippen LogP contribution >= 0.6 is 0 Å². The van der Waals surface area contributed by atoms with Crippen molar-refractivity contribution < 1.29 is 12.8 Å². The Morgan fingerprint density at radius 1 is 1.32 bits per heavy atom. The molecule has 3 rings (SSSR count). The van der Waals surface area contributed by atoms with E-state index in [-0.39, 0.29) is 11.8 Å². The lowest BCUT2D eigenvalue weighted by atomic mass is 10.2. The van der Waals surface area contributed by atoms with Crippen molar-refractivity contribution in [2.24, 2.45) is 0 Å². The van der Waals surface area contributed by atoms with Gasteiger partial charge in [-0.3, -0.25) is 0 Å². The van der Waals surface area contributed by atoms with Gasteiger partial charge in [-0.1, -0.05) is 18.2 Å². The summed E-state index contributed by atoms with van der Waals surface area (Å²) in [6, 6.07) is 9.91. The second-order valence-electron chi connectivity index (χ2n) is 5.08. The number of benzene rings is 1. The van der Waals surface area contributed by atoms with E-state index in [1.165, 1.54) is 0 Å². The average molecular weight is 279 g/mol. The van der Waals surface area contributed by atoms with Gasteiger partial charge in [0.25, 0.3) is 0 Å². The van der Waals surface area contributed by atoms with Crippen LogP contribution in [0.4, 0.5) is 0 Å². The monoisotopic (exact) mass is 279 g/mol. The molecule has 5 heteroatoms. The van der Waals surface area contributed by atoms with Crippen molar-refractivity contribution in [3.05, 3.63) is 36.1 Å². The largest absolute Gasteiger partial charge is 0.460 e. The maximum absolute atomic E-state index is 11.5. The molecule has 1 unspecified atom stereocenters. The lowest BCUT2D eigenvalue weighted by Crippen LogP contribution is -2.39. The highest BCUT2D eigenvalue weighted by atomic mass is 32.2. The van der Waals surface area contributed by atoms with Gasteiger partial charge >= 0.3 is 0 Å². The summed E-state index contributed by atoms with van der Waals surface area (Å²) >= 11 is 0. The Balaban J connectivity index is 1.65. The zero-order valence-corrected chi connectivity index (χ0v) is 11.4. The molecule has 4 nitrogen and oxygen atoms in total. The van der Waals surface area contributed by atoms with Crippen LogP contribution < -0.4 is 5.32 Å². The molecule has 1 aromatic heterocycles. The summed E-state index contributed by atoms with van der Waals surface area (Å²) in [5.74, 6) is 1.42. The summed E-state index contributed by atoms with van der Waals surface area (Å²) in [7, 11) is -2.85. The zero-order chi connectivity index (χ0) is 13.3. The second kappa shape index (κ2) is 4.98. The van der Waals surface area contributed by atoms with Crippen molar-refractivity contribution in [1.82, 2.24) is 5.32 Å². The minimum Gasteiger partial charge on any atom is -0.460 e. The lowest BCUT2D eigenvalue weighted by Gasteiger charge is -2.22. The van der Waals surface area contributed by atoms with Crippen LogP contribution in [-0.2, 0) is 16.4 Å². The molecule has 19 heavy (non-hydrogen) atoms. The molecule has 1 aliphatic heterocycles. The first-order valence-electron chi connectivity index (χ1n) is 6.54. The standard InChI is InChI=1S/C14H17NO3S/c16-19(17)7-3-5-12(10-19)15-9-13-8-11-4-1-2-6-14(11)18-13/h1-2,4,6,8,12,15H,3,5,7,9-10H2. The zero-order valence-electron chi connectivity index (χ0n) is 10.6. The molecular weight excluding hydrogens is 262 g/mol. The fourth-order valence-corrected chi connectivity index (χ4v) is 4.22. The maximum atomic E-state index is 11.5. The van der Waals surface area contributed by atoms with Crippen LogP contribution in [0.2, 0.25) is 0 Å². The van der Waals surface area contributed by atoms with Crippen molar-refractivity contribution in [3.8, 4) is 0 Å². The molecule has 102 valence electrons. The highest BCUT2D eigenvalue weighted by Crippen LogP contribution is 2.19. The summed E-state index contributed by atoms with van der Waals surface area (Å²) in [5, 5.41) is 4.36. The van der Waals surface area contributed by atoms with E-state index in [2.05, 4.69) is 5.32 Å². The van der Waals surface area contributed by atoms with Crippen LogP contribution in [0.3, 0.4) is 0 Å². The molecule has 1 aliphatic rings. The smallest absolute Gasteiger partial charge is 0.151 e. The van der Waals surface area contributed by atoms with Crippen molar-refractivity contribution in [1.29, 1.82) is 0 Å². The molecule has 0 bridgehead atoms. The quantitative estimate of drug-likeness (QED) is 0.934. The van der Waals surface area contributed by atoms with Gasteiger partial charge in [0.15, 0.2) is 9.84 Å². The van der Waals surface area contributed by atoms with Crippen LogP contribution in [0.5, 0.6) is 0 Å². The van der Waals surface area contributed by atoms with Crippen LogP contribution in [0.25, 0.3) is 11.0 Å². The molecule has 0 radical (unpaired) electrons. The van der Waals surface area contributed by atoms with Crippen LogP contribution in [0.15, 0.2) is 34.7 Å². The van der Waals surface area contributed by atoms with Crippen molar-refractivity contribution in [3.63, 3.8) is 0 Å². The van der Waals surface area contributed by atoms with Gasteiger partial charge in [-0.25, -0.2) is 8.42 Å². The Bertz CT molecular complexity index is 642. The molecule has 1 fully saturated rings. The summed E-state index contributed by atoms with van der Waals surface area (Å²) in [6.07, 6.45) is 1.67. The first kappa shape index (κ1) is 12.7. The normalized spacial score (nSPS) is 22.6. The van der Waals surface area contributed by atoms with E-state index in [1.54, 1.807) is 0 Å². The van der Waals surface area contributed by atoms with Crippen molar-refractivity contribution >= 4 is 20.8 Å². The predicted octanol–water partition coefficient (Wildman–Crippen LogP) is 2.10. The molecule has 0 saturated carbocycles. The van der Waals surface area contributed by atoms with E-state index < -0.39 is 9.84 Å². The molecular formula is C14H17NO3S. The summed E-state index contributed by atoms with van der Waals surface area (Å²) in [4.78, 5) is 0. The van der Waals surface area contributed by atoms with Gasteiger partial charge < -0.3 is 9.73 Å². The fraction of sp³-hybridized carbons (Fsp3) is 0.429. The molecule has 0 spiro atoms. The Hall–Kier alpha value is -1.33. The molecule has 2 heterocycles. The van der Waals surface area contributed by atoms with E-state index in [0.29, 0.717) is 12.3 Å². The van der Waals surface area contributed by atoms with E-state index in [4.69, 9.17) is 4.42 Å². The molecule has 1 atom stereocenters. The number of rotatable bonds is 3. The number of furan rings is 1. The minimum absolute atomic E-state index is 0.0481. The van der Waals surface area contributed by atoms with Crippen LogP contribution in [-0.4, -0.2) is 26.0 Å². The molecule has 0 aliphatic carbocycles. The molecule has 1 saturated heterocycles. The number of hydrogen-bond donors (Lipinski definition) is 1. The molecule has 1 aromatic carbocycles. The fourth-order valence-electron chi connectivity index (χ4n) is 2.55. The maximum Gasteiger partial charge on any atom is 0.151 e. The van der Waals surface area contributed by atoms with Crippen LogP contribution in [0, 0.1) is 0 Å². The summed E-state index contributed by atoms with van der Waals surface area (Å²) in [5.41, 5.74) is 0.871. The summed E-state index contributed by atoms with van der Waals surface area (Å²) in [6.45, 7) is 0.578. The minimum atomic E-state index is -2.85. The van der Waals surface area contributed by atoms with Gasteiger partial charge in [0.2, 0.25) is 0 Å². The van der Waals surface area contributed by atoms with Gasteiger partial charge in [0.05, 0.1) is 18.1 Å². The SMILES string of the molecule is O=S1(=O)CCCC(NCc2cc3ccccc3o2)C1. The molecule has 1 N–H and O–H groups in total. The Morgan fingerprint density at radius 3 is 2.95 bits per heavy atom. The first-order chi connectivity index (χ1) is 9.12. The third-order valence-electron chi connectivity index (χ3n) is 3.50. The van der Waals surface area contributed by atoms with E-state index >= 15 is 0 Å². The number of fused-ring (bicyclic) bond motifs is 1. The number of nitrogens with one attached hydrogen (secondary N) is 1. The Morgan fingerprint density at radius 2 is 2.16 bits per heavy atom. The summed E-state index contributed by atoms with van der Waals surface area (Å²) < 4.78 is 28.8.